The van der Waals surface area contributed by atoms with Crippen LogP contribution in [-0.2, 0) is 6.42 Å². The van der Waals surface area contributed by atoms with Crippen molar-refractivity contribution in [2.75, 3.05) is 13.1 Å². The van der Waals surface area contributed by atoms with Gasteiger partial charge in [-0.2, -0.15) is 0 Å². The zero-order chi connectivity index (χ0) is 13.7. The fraction of sp³-hybridized carbons (Fsp3) is 0.400. The number of aromatic nitrogens is 1. The number of oxazole rings is 1. The molecule has 3 nitrogen and oxygen atoms in total. The zero-order valence-electron chi connectivity index (χ0n) is 11.4. The van der Waals surface area contributed by atoms with E-state index in [1.165, 1.54) is 6.07 Å². The van der Waals surface area contributed by atoms with Gasteiger partial charge in [-0.3, -0.25) is 0 Å². The molecule has 0 aliphatic heterocycles. The van der Waals surface area contributed by atoms with Gasteiger partial charge in [-0.1, -0.05) is 18.6 Å². The van der Waals surface area contributed by atoms with E-state index in [0.29, 0.717) is 17.2 Å². The Morgan fingerprint density at radius 3 is 3.00 bits per heavy atom. The van der Waals surface area contributed by atoms with E-state index < -0.39 is 0 Å². The van der Waals surface area contributed by atoms with Gasteiger partial charge in [0.2, 0.25) is 0 Å². The van der Waals surface area contributed by atoms with Crippen LogP contribution in [0.25, 0.3) is 11.3 Å². The highest BCUT2D eigenvalue weighted by atomic mass is 19.1. The van der Waals surface area contributed by atoms with Crippen LogP contribution in [0.5, 0.6) is 0 Å². The number of hydrogen-bond acceptors (Lipinski definition) is 3. The molecular formula is C15H19FN2O. The van der Waals surface area contributed by atoms with Gasteiger partial charge in [-0.15, -0.1) is 0 Å². The molecule has 0 aliphatic rings. The van der Waals surface area contributed by atoms with Gasteiger partial charge in [0, 0.05) is 6.42 Å². The van der Waals surface area contributed by atoms with Gasteiger partial charge in [0.1, 0.15) is 5.82 Å². The van der Waals surface area contributed by atoms with Crippen molar-refractivity contribution in [3.8, 4) is 11.3 Å². The Morgan fingerprint density at radius 2 is 2.21 bits per heavy atom. The van der Waals surface area contributed by atoms with Crippen molar-refractivity contribution < 1.29 is 8.81 Å². The van der Waals surface area contributed by atoms with Crippen LogP contribution in [0.4, 0.5) is 4.39 Å². The first-order valence-electron chi connectivity index (χ1n) is 6.62. The quantitative estimate of drug-likeness (QED) is 0.811. The molecule has 0 bridgehead atoms. The van der Waals surface area contributed by atoms with Gasteiger partial charge in [0.05, 0.1) is 11.8 Å². The summed E-state index contributed by atoms with van der Waals surface area (Å²) < 4.78 is 19.3. The molecule has 0 amide bonds. The predicted molar refractivity (Wildman–Crippen MR) is 73.5 cm³/mol. The maximum absolute atomic E-state index is 13.7. The summed E-state index contributed by atoms with van der Waals surface area (Å²) >= 11 is 0. The van der Waals surface area contributed by atoms with E-state index in [2.05, 4.69) is 17.2 Å². The molecule has 102 valence electrons. The molecule has 1 aromatic heterocycles. The minimum absolute atomic E-state index is 0.277. The molecule has 0 atom stereocenters. The van der Waals surface area contributed by atoms with Gasteiger partial charge >= 0.3 is 0 Å². The van der Waals surface area contributed by atoms with E-state index in [4.69, 9.17) is 4.42 Å². The molecule has 1 heterocycles. The Kier molecular flexibility index (Phi) is 4.68. The largest absolute Gasteiger partial charge is 0.441 e. The number of nitrogens with one attached hydrogen (secondary N) is 1. The van der Waals surface area contributed by atoms with Crippen LogP contribution < -0.4 is 5.32 Å². The summed E-state index contributed by atoms with van der Waals surface area (Å²) in [5, 5.41) is 3.24. The second kappa shape index (κ2) is 6.48. The predicted octanol–water partition coefficient (Wildman–Crippen LogP) is 3.33. The van der Waals surface area contributed by atoms with Gasteiger partial charge in [0.15, 0.2) is 11.7 Å². The molecule has 0 radical (unpaired) electrons. The normalized spacial score (nSPS) is 10.9. The second-order valence-electron chi connectivity index (χ2n) is 4.56. The lowest BCUT2D eigenvalue weighted by molar-refractivity contribution is 0.490. The van der Waals surface area contributed by atoms with Crippen molar-refractivity contribution >= 4 is 0 Å². The summed E-state index contributed by atoms with van der Waals surface area (Å²) in [6, 6.07) is 4.98. The van der Waals surface area contributed by atoms with Crippen LogP contribution in [-0.4, -0.2) is 18.1 Å². The lowest BCUT2D eigenvalue weighted by Gasteiger charge is -2.01. The summed E-state index contributed by atoms with van der Waals surface area (Å²) in [6.45, 7) is 5.90. The van der Waals surface area contributed by atoms with E-state index in [9.17, 15) is 4.39 Å². The number of nitrogens with zero attached hydrogens (tertiary/aromatic N) is 1. The Hall–Kier alpha value is -1.68. The van der Waals surface area contributed by atoms with Gasteiger partial charge in [-0.05, 0) is 38.6 Å². The monoisotopic (exact) mass is 262 g/mol. The molecule has 0 saturated carbocycles. The maximum Gasteiger partial charge on any atom is 0.194 e. The molecule has 0 spiro atoms. The molecule has 4 heteroatoms. The molecule has 19 heavy (non-hydrogen) atoms. The number of benzene rings is 1. The average Bonchev–Trinajstić information content (AvgIpc) is 2.86. The van der Waals surface area contributed by atoms with Crippen LogP contribution in [0.1, 0.15) is 24.8 Å². The van der Waals surface area contributed by atoms with Gasteiger partial charge < -0.3 is 9.73 Å². The number of hydrogen-bond donors (Lipinski definition) is 1. The number of rotatable bonds is 6. The molecule has 2 aromatic rings. The van der Waals surface area contributed by atoms with E-state index in [1.807, 2.05) is 6.92 Å². The van der Waals surface area contributed by atoms with Crippen LogP contribution >= 0.6 is 0 Å². The summed E-state index contributed by atoms with van der Waals surface area (Å²) in [4.78, 5) is 4.20. The van der Waals surface area contributed by atoms with Crippen molar-refractivity contribution in [3.63, 3.8) is 0 Å². The highest BCUT2D eigenvalue weighted by molar-refractivity contribution is 5.58. The van der Waals surface area contributed by atoms with Crippen molar-refractivity contribution in [2.24, 2.45) is 0 Å². The first kappa shape index (κ1) is 13.7. The SMILES string of the molecule is CCNCCCc1ncc(-c2cc(C)ccc2F)o1. The summed E-state index contributed by atoms with van der Waals surface area (Å²) in [5.41, 5.74) is 1.48. The Morgan fingerprint density at radius 1 is 1.37 bits per heavy atom. The molecular weight excluding hydrogens is 243 g/mol. The van der Waals surface area contributed by atoms with E-state index >= 15 is 0 Å². The first-order valence-corrected chi connectivity index (χ1v) is 6.62. The highest BCUT2D eigenvalue weighted by Gasteiger charge is 2.11. The van der Waals surface area contributed by atoms with Crippen molar-refractivity contribution in [2.45, 2.75) is 26.7 Å². The fourth-order valence-electron chi connectivity index (χ4n) is 1.92. The topological polar surface area (TPSA) is 38.1 Å². The minimum Gasteiger partial charge on any atom is -0.441 e. The summed E-state index contributed by atoms with van der Waals surface area (Å²) in [7, 11) is 0. The average molecular weight is 262 g/mol. The Bertz CT molecular complexity index is 537. The molecule has 1 N–H and O–H groups in total. The standard InChI is InChI=1S/C15H19FN2O/c1-3-17-8-4-5-15-18-10-14(19-15)12-9-11(2)6-7-13(12)16/h6-7,9-10,17H,3-5,8H2,1-2H3. The van der Waals surface area contributed by atoms with E-state index in [0.717, 1.165) is 31.5 Å². The minimum atomic E-state index is -0.277. The maximum atomic E-state index is 13.7. The number of halogens is 1. The Labute approximate surface area is 112 Å². The van der Waals surface area contributed by atoms with E-state index in [1.54, 1.807) is 18.3 Å². The molecule has 2 rings (SSSR count). The van der Waals surface area contributed by atoms with Crippen molar-refractivity contribution in [1.82, 2.24) is 10.3 Å². The summed E-state index contributed by atoms with van der Waals surface area (Å²) in [6.07, 6.45) is 3.32. The van der Waals surface area contributed by atoms with Crippen molar-refractivity contribution in [3.05, 3.63) is 41.7 Å². The number of aryl methyl sites for hydroxylation is 2. The van der Waals surface area contributed by atoms with Gasteiger partial charge in [-0.25, -0.2) is 9.37 Å². The van der Waals surface area contributed by atoms with Crippen LogP contribution in [0.15, 0.2) is 28.8 Å². The zero-order valence-corrected chi connectivity index (χ0v) is 11.4. The second-order valence-corrected chi connectivity index (χ2v) is 4.56. The van der Waals surface area contributed by atoms with Crippen molar-refractivity contribution in [1.29, 1.82) is 0 Å². The molecule has 0 aliphatic carbocycles. The molecule has 0 fully saturated rings. The lowest BCUT2D eigenvalue weighted by Crippen LogP contribution is -2.14. The highest BCUT2D eigenvalue weighted by Crippen LogP contribution is 2.24. The molecule has 0 unspecified atom stereocenters. The fourth-order valence-corrected chi connectivity index (χ4v) is 1.92. The van der Waals surface area contributed by atoms with Gasteiger partial charge in [0.25, 0.3) is 0 Å². The third kappa shape index (κ3) is 3.64. The first-order chi connectivity index (χ1) is 9.20. The summed E-state index contributed by atoms with van der Waals surface area (Å²) in [5.74, 6) is 0.884. The molecule has 1 aromatic carbocycles. The van der Waals surface area contributed by atoms with Crippen LogP contribution in [0, 0.1) is 12.7 Å². The molecule has 0 saturated heterocycles. The van der Waals surface area contributed by atoms with Crippen LogP contribution in [0.3, 0.4) is 0 Å². The third-order valence-corrected chi connectivity index (χ3v) is 2.94. The van der Waals surface area contributed by atoms with Crippen LogP contribution in [0.2, 0.25) is 0 Å². The van der Waals surface area contributed by atoms with E-state index in [-0.39, 0.29) is 5.82 Å². The Balaban J connectivity index is 2.06. The lowest BCUT2D eigenvalue weighted by atomic mass is 10.1. The third-order valence-electron chi connectivity index (χ3n) is 2.94. The smallest absolute Gasteiger partial charge is 0.194 e.